The molecule has 0 radical (unpaired) electrons. The van der Waals surface area contributed by atoms with E-state index in [2.05, 4.69) is 9.47 Å². The molecule has 7 nitrogen and oxygen atoms in total. The molecule has 0 aliphatic heterocycles. The average molecular weight is 343 g/mol. The number of benzene rings is 1. The van der Waals surface area contributed by atoms with Gasteiger partial charge in [0.25, 0.3) is 0 Å². The molecule has 0 aliphatic carbocycles. The van der Waals surface area contributed by atoms with Crippen molar-refractivity contribution in [2.45, 2.75) is 24.7 Å². The highest BCUT2D eigenvalue weighted by Crippen LogP contribution is 2.17. The highest BCUT2D eigenvalue weighted by atomic mass is 32.2. The van der Waals surface area contributed by atoms with Gasteiger partial charge in [-0.3, -0.25) is 9.59 Å². The first kappa shape index (κ1) is 19.1. The Kier molecular flexibility index (Phi) is 7.18. The standard InChI is InChI=1S/C15H21NO6S/c1-12-4-6-13(7-5-12)23(19,20)16(10-8-14(17)21-2)11-9-15(18)22-3/h4-7H,8-11H2,1-3H3. The first-order chi connectivity index (χ1) is 10.8. The number of hydrogen-bond donors (Lipinski definition) is 0. The normalized spacial score (nSPS) is 11.3. The van der Waals surface area contributed by atoms with E-state index in [0.29, 0.717) is 0 Å². The lowest BCUT2D eigenvalue weighted by Crippen LogP contribution is -2.35. The zero-order valence-corrected chi connectivity index (χ0v) is 14.3. The number of nitrogens with zero attached hydrogens (tertiary/aromatic N) is 1. The summed E-state index contributed by atoms with van der Waals surface area (Å²) in [7, 11) is -1.34. The largest absolute Gasteiger partial charge is 0.469 e. The summed E-state index contributed by atoms with van der Waals surface area (Å²) in [6, 6.07) is 6.36. The third-order valence-electron chi connectivity index (χ3n) is 3.24. The molecule has 0 aromatic heterocycles. The topological polar surface area (TPSA) is 90.0 Å². The Morgan fingerprint density at radius 2 is 1.39 bits per heavy atom. The lowest BCUT2D eigenvalue weighted by Gasteiger charge is -2.21. The number of methoxy groups -OCH3 is 2. The number of rotatable bonds is 8. The number of hydrogen-bond acceptors (Lipinski definition) is 6. The van der Waals surface area contributed by atoms with E-state index in [1.807, 2.05) is 6.92 Å². The summed E-state index contributed by atoms with van der Waals surface area (Å²) < 4.78 is 35.5. The maximum absolute atomic E-state index is 12.7. The Balaban J connectivity index is 2.97. The smallest absolute Gasteiger partial charge is 0.306 e. The Labute approximate surface area is 136 Å². The number of carbonyl (C=O) groups is 2. The van der Waals surface area contributed by atoms with Gasteiger partial charge in [0.1, 0.15) is 0 Å². The number of carbonyl (C=O) groups excluding carboxylic acids is 2. The van der Waals surface area contributed by atoms with Crippen LogP contribution in [0.2, 0.25) is 0 Å². The van der Waals surface area contributed by atoms with Crippen LogP contribution >= 0.6 is 0 Å². The second-order valence-corrected chi connectivity index (χ2v) is 6.81. The van der Waals surface area contributed by atoms with Crippen LogP contribution in [-0.2, 0) is 29.1 Å². The molecule has 0 fully saturated rings. The molecule has 0 amide bonds. The second kappa shape index (κ2) is 8.64. The zero-order valence-electron chi connectivity index (χ0n) is 13.4. The molecular weight excluding hydrogens is 322 g/mol. The monoisotopic (exact) mass is 343 g/mol. The summed E-state index contributed by atoms with van der Waals surface area (Å²) >= 11 is 0. The van der Waals surface area contributed by atoms with E-state index in [1.54, 1.807) is 12.1 Å². The van der Waals surface area contributed by atoms with Crippen LogP contribution < -0.4 is 0 Å². The maximum Gasteiger partial charge on any atom is 0.306 e. The first-order valence-electron chi connectivity index (χ1n) is 7.01. The molecule has 0 bridgehead atoms. The number of aryl methyl sites for hydroxylation is 1. The third kappa shape index (κ3) is 5.65. The Morgan fingerprint density at radius 1 is 0.957 bits per heavy atom. The van der Waals surface area contributed by atoms with E-state index in [1.165, 1.54) is 26.4 Å². The molecule has 1 aromatic rings. The minimum atomic E-state index is -3.81. The lowest BCUT2D eigenvalue weighted by atomic mass is 10.2. The lowest BCUT2D eigenvalue weighted by molar-refractivity contribution is -0.140. The minimum absolute atomic E-state index is 0.0696. The van der Waals surface area contributed by atoms with E-state index in [0.717, 1.165) is 9.87 Å². The van der Waals surface area contributed by atoms with Crippen LogP contribution in [0.1, 0.15) is 18.4 Å². The van der Waals surface area contributed by atoms with Gasteiger partial charge in [0.2, 0.25) is 10.0 Å². The summed E-state index contributed by atoms with van der Waals surface area (Å²) in [6.45, 7) is 1.71. The molecule has 8 heteroatoms. The predicted molar refractivity (Wildman–Crippen MR) is 83.2 cm³/mol. The average Bonchev–Trinajstić information content (AvgIpc) is 2.54. The molecular formula is C15H21NO6S. The van der Waals surface area contributed by atoms with Gasteiger partial charge in [-0.05, 0) is 19.1 Å². The van der Waals surface area contributed by atoms with Crippen molar-refractivity contribution in [2.24, 2.45) is 0 Å². The quantitative estimate of drug-likeness (QED) is 0.657. The first-order valence-corrected chi connectivity index (χ1v) is 8.45. The molecule has 0 atom stereocenters. The highest BCUT2D eigenvalue weighted by molar-refractivity contribution is 7.89. The van der Waals surface area contributed by atoms with E-state index in [4.69, 9.17) is 0 Å². The van der Waals surface area contributed by atoms with Crippen LogP contribution in [-0.4, -0.2) is 52.0 Å². The zero-order chi connectivity index (χ0) is 17.5. The van der Waals surface area contributed by atoms with Gasteiger partial charge >= 0.3 is 11.9 Å². The summed E-state index contributed by atoms with van der Waals surface area (Å²) in [4.78, 5) is 22.7. The number of sulfonamides is 1. The highest BCUT2D eigenvalue weighted by Gasteiger charge is 2.25. The van der Waals surface area contributed by atoms with E-state index < -0.39 is 22.0 Å². The molecule has 0 unspecified atom stereocenters. The second-order valence-electron chi connectivity index (χ2n) is 4.87. The van der Waals surface area contributed by atoms with E-state index >= 15 is 0 Å². The van der Waals surface area contributed by atoms with Gasteiger partial charge in [-0.2, -0.15) is 4.31 Å². The number of ether oxygens (including phenoxy) is 2. The molecule has 0 saturated heterocycles. The van der Waals surface area contributed by atoms with Crippen molar-refractivity contribution in [3.8, 4) is 0 Å². The molecule has 1 aromatic carbocycles. The van der Waals surface area contributed by atoms with E-state index in [-0.39, 0.29) is 30.8 Å². The number of esters is 2. The van der Waals surface area contributed by atoms with Crippen LogP contribution in [0, 0.1) is 6.92 Å². The Hall–Kier alpha value is -1.93. The van der Waals surface area contributed by atoms with Gasteiger partial charge in [-0.25, -0.2) is 8.42 Å². The molecule has 1 rings (SSSR count). The van der Waals surface area contributed by atoms with Crippen LogP contribution in [0.5, 0.6) is 0 Å². The van der Waals surface area contributed by atoms with Gasteiger partial charge in [0, 0.05) is 13.1 Å². The SMILES string of the molecule is COC(=O)CCN(CCC(=O)OC)S(=O)(=O)c1ccc(C)cc1. The van der Waals surface area contributed by atoms with Gasteiger partial charge in [0.15, 0.2) is 0 Å². The van der Waals surface area contributed by atoms with Gasteiger partial charge in [-0.1, -0.05) is 17.7 Å². The van der Waals surface area contributed by atoms with E-state index in [9.17, 15) is 18.0 Å². The Morgan fingerprint density at radius 3 is 1.78 bits per heavy atom. The fraction of sp³-hybridized carbons (Fsp3) is 0.467. The van der Waals surface area contributed by atoms with Crippen molar-refractivity contribution in [2.75, 3.05) is 27.3 Å². The predicted octanol–water partition coefficient (Wildman–Crippen LogP) is 1.11. The molecule has 0 spiro atoms. The fourth-order valence-electron chi connectivity index (χ4n) is 1.85. The Bertz CT molecular complexity index is 618. The molecule has 128 valence electrons. The third-order valence-corrected chi connectivity index (χ3v) is 5.16. The van der Waals surface area contributed by atoms with Crippen molar-refractivity contribution < 1.29 is 27.5 Å². The van der Waals surface area contributed by atoms with Gasteiger partial charge in [-0.15, -0.1) is 0 Å². The maximum atomic E-state index is 12.7. The summed E-state index contributed by atoms with van der Waals surface area (Å²) in [5.74, 6) is -1.04. The summed E-state index contributed by atoms with van der Waals surface area (Å²) in [6.07, 6.45) is -0.189. The fourth-order valence-corrected chi connectivity index (χ4v) is 3.29. The van der Waals surface area contributed by atoms with Crippen LogP contribution in [0.4, 0.5) is 0 Å². The summed E-state index contributed by atoms with van der Waals surface area (Å²) in [5.41, 5.74) is 0.930. The van der Waals surface area contributed by atoms with Crippen LogP contribution in [0.3, 0.4) is 0 Å². The summed E-state index contributed by atoms with van der Waals surface area (Å²) in [5, 5.41) is 0. The molecule has 0 heterocycles. The molecule has 0 aliphatic rings. The molecule has 0 saturated carbocycles. The van der Waals surface area contributed by atoms with Crippen molar-refractivity contribution in [1.29, 1.82) is 0 Å². The van der Waals surface area contributed by atoms with Crippen molar-refractivity contribution in [3.05, 3.63) is 29.8 Å². The van der Waals surface area contributed by atoms with Gasteiger partial charge < -0.3 is 9.47 Å². The van der Waals surface area contributed by atoms with Crippen LogP contribution in [0.15, 0.2) is 29.2 Å². The van der Waals surface area contributed by atoms with Crippen molar-refractivity contribution in [3.63, 3.8) is 0 Å². The van der Waals surface area contributed by atoms with Crippen molar-refractivity contribution in [1.82, 2.24) is 4.31 Å². The van der Waals surface area contributed by atoms with Gasteiger partial charge in [0.05, 0.1) is 32.0 Å². The minimum Gasteiger partial charge on any atom is -0.469 e. The molecule has 23 heavy (non-hydrogen) atoms. The molecule has 0 N–H and O–H groups in total. The van der Waals surface area contributed by atoms with Crippen molar-refractivity contribution >= 4 is 22.0 Å². The van der Waals surface area contributed by atoms with Crippen LogP contribution in [0.25, 0.3) is 0 Å².